The highest BCUT2D eigenvalue weighted by Gasteiger charge is 2.08. The first kappa shape index (κ1) is 22.0. The van der Waals surface area contributed by atoms with Crippen molar-refractivity contribution in [1.82, 2.24) is 5.32 Å². The molecule has 0 amide bonds. The average molecular weight is 372 g/mol. The summed E-state index contributed by atoms with van der Waals surface area (Å²) in [6.07, 6.45) is 9.40. The predicted octanol–water partition coefficient (Wildman–Crippen LogP) is 5.17. The molecule has 0 radical (unpaired) electrons. The normalized spacial score (nSPS) is 11.6. The maximum Gasteiger partial charge on any atom is 0.505 e. The van der Waals surface area contributed by atoms with Gasteiger partial charge in [-0.25, -0.2) is 4.39 Å². The molecule has 0 fully saturated rings. The van der Waals surface area contributed by atoms with Gasteiger partial charge >= 0.3 is 8.03 Å². The van der Waals surface area contributed by atoms with E-state index in [0.717, 1.165) is 18.4 Å². The summed E-state index contributed by atoms with van der Waals surface area (Å²) in [4.78, 5) is 8.71. The summed E-state index contributed by atoms with van der Waals surface area (Å²) < 4.78 is 30.1. The lowest BCUT2D eigenvalue weighted by molar-refractivity contribution is 0.289. The minimum Gasteiger partial charge on any atom is -0.491 e. The van der Waals surface area contributed by atoms with Crippen LogP contribution in [0.5, 0.6) is 5.75 Å². The van der Waals surface area contributed by atoms with Crippen LogP contribution in [0.15, 0.2) is 18.2 Å². The molecule has 0 aliphatic rings. The molecule has 6 heteroatoms. The van der Waals surface area contributed by atoms with Crippen molar-refractivity contribution in [2.75, 3.05) is 19.3 Å². The van der Waals surface area contributed by atoms with Crippen molar-refractivity contribution >= 4 is 8.03 Å². The molecule has 142 valence electrons. The Hall–Kier alpha value is -1.03. The highest BCUT2D eigenvalue weighted by Crippen LogP contribution is 2.19. The highest BCUT2D eigenvalue weighted by molar-refractivity contribution is 7.37. The zero-order valence-corrected chi connectivity index (χ0v) is 16.2. The van der Waals surface area contributed by atoms with Crippen molar-refractivity contribution in [2.45, 2.75) is 64.8 Å². The van der Waals surface area contributed by atoms with Crippen LogP contribution in [-0.4, -0.2) is 24.2 Å². The van der Waals surface area contributed by atoms with Gasteiger partial charge in [-0.1, -0.05) is 51.5 Å². The van der Waals surface area contributed by atoms with Crippen molar-refractivity contribution in [1.29, 1.82) is 0 Å². The average Bonchev–Trinajstić information content (AvgIpc) is 2.58. The molecule has 1 aromatic carbocycles. The van der Waals surface area contributed by atoms with Crippen molar-refractivity contribution < 1.29 is 18.6 Å². The Balaban J connectivity index is 2.16. The molecule has 1 aromatic rings. The lowest BCUT2D eigenvalue weighted by Gasteiger charge is -2.09. The number of halogens is 1. The minimum atomic E-state index is -2.06. The maximum absolute atomic E-state index is 14.0. The third kappa shape index (κ3) is 11.2. The van der Waals surface area contributed by atoms with E-state index in [1.807, 2.05) is 6.07 Å². The number of nitrogens with one attached hydrogen (secondary N) is 1. The van der Waals surface area contributed by atoms with Gasteiger partial charge in [-0.2, -0.15) is 4.89 Å². The Morgan fingerprint density at radius 1 is 1.12 bits per heavy atom. The van der Waals surface area contributed by atoms with E-state index in [9.17, 15) is 8.96 Å². The van der Waals surface area contributed by atoms with Crippen molar-refractivity contribution in [3.63, 3.8) is 0 Å². The van der Waals surface area contributed by atoms with E-state index in [1.54, 1.807) is 6.07 Å². The summed E-state index contributed by atoms with van der Waals surface area (Å²) in [5, 5.41) is 3.14. The Morgan fingerprint density at radius 2 is 1.84 bits per heavy atom. The summed E-state index contributed by atoms with van der Waals surface area (Å²) in [5.41, 5.74) is 0.842. The molecule has 4 nitrogen and oxygen atoms in total. The summed E-state index contributed by atoms with van der Waals surface area (Å²) in [7, 11) is -2.06. The fraction of sp³-hybridized carbons (Fsp3) is 0.684. The molecule has 1 rings (SSSR count). The van der Waals surface area contributed by atoms with Crippen LogP contribution in [0.1, 0.15) is 63.9 Å². The number of unbranched alkanes of at least 4 members (excludes halogenated alkanes) is 6. The molecule has 0 aliphatic heterocycles. The van der Waals surface area contributed by atoms with Gasteiger partial charge in [0.05, 0.1) is 6.61 Å². The number of ether oxygens (including phenoxy) is 1. The number of benzene rings is 1. The van der Waals surface area contributed by atoms with Gasteiger partial charge in [-0.3, -0.25) is 0 Å². The standard InChI is InChI=1S/C19H31FNO3P/c1-2-3-4-5-6-7-8-13-24-19-11-10-17(15-18(19)20)16-21-12-9-14-25(22)23/h10-11,15,21H,2-9,12-14,16H2,1H3/p+1. The molecule has 0 aromatic heterocycles. The third-order valence-electron chi connectivity index (χ3n) is 4.03. The van der Waals surface area contributed by atoms with Gasteiger partial charge in [-0.15, -0.1) is 0 Å². The first-order valence-corrected chi connectivity index (χ1v) is 10.8. The number of rotatable bonds is 15. The minimum absolute atomic E-state index is 0.294. The molecular formula is C19H32FNO3P+. The van der Waals surface area contributed by atoms with E-state index >= 15 is 0 Å². The molecule has 0 saturated heterocycles. The quantitative estimate of drug-likeness (QED) is 0.329. The van der Waals surface area contributed by atoms with E-state index in [-0.39, 0.29) is 5.82 Å². The van der Waals surface area contributed by atoms with Gasteiger partial charge in [0.2, 0.25) is 0 Å². The van der Waals surface area contributed by atoms with Crippen LogP contribution in [0, 0.1) is 5.82 Å². The second-order valence-electron chi connectivity index (χ2n) is 6.34. The predicted molar refractivity (Wildman–Crippen MR) is 101 cm³/mol. The molecule has 0 saturated carbocycles. The van der Waals surface area contributed by atoms with Crippen LogP contribution < -0.4 is 10.1 Å². The Kier molecular flexibility index (Phi) is 12.5. The summed E-state index contributed by atoms with van der Waals surface area (Å²) in [6, 6.07) is 5.01. The molecule has 0 aliphatic carbocycles. The SMILES string of the molecule is CCCCCCCCCOc1ccc(CNCCC[P+](=O)O)cc1F. The Labute approximate surface area is 152 Å². The second-order valence-corrected chi connectivity index (χ2v) is 7.49. The van der Waals surface area contributed by atoms with Crippen molar-refractivity contribution in [3.05, 3.63) is 29.6 Å². The Bertz CT molecular complexity index is 500. The van der Waals surface area contributed by atoms with Crippen LogP contribution in [0.4, 0.5) is 4.39 Å². The van der Waals surface area contributed by atoms with E-state index in [2.05, 4.69) is 12.2 Å². The van der Waals surface area contributed by atoms with E-state index in [4.69, 9.17) is 9.63 Å². The van der Waals surface area contributed by atoms with E-state index in [0.29, 0.717) is 38.0 Å². The van der Waals surface area contributed by atoms with Crippen LogP contribution in [0.3, 0.4) is 0 Å². The van der Waals surface area contributed by atoms with Gasteiger partial charge in [0.1, 0.15) is 0 Å². The second kappa shape index (κ2) is 14.2. The first-order chi connectivity index (χ1) is 12.1. The zero-order chi connectivity index (χ0) is 18.3. The van der Waals surface area contributed by atoms with Crippen molar-refractivity contribution in [3.8, 4) is 5.75 Å². The fourth-order valence-electron chi connectivity index (χ4n) is 2.58. The van der Waals surface area contributed by atoms with Crippen LogP contribution in [0.2, 0.25) is 0 Å². The third-order valence-corrected chi connectivity index (χ3v) is 4.73. The van der Waals surface area contributed by atoms with Gasteiger partial charge < -0.3 is 10.1 Å². The fourth-order valence-corrected chi connectivity index (χ4v) is 3.01. The number of hydrogen-bond donors (Lipinski definition) is 2. The molecule has 25 heavy (non-hydrogen) atoms. The van der Waals surface area contributed by atoms with Gasteiger partial charge in [-0.05, 0) is 35.2 Å². The molecule has 1 unspecified atom stereocenters. The molecular weight excluding hydrogens is 340 g/mol. The lowest BCUT2D eigenvalue weighted by atomic mass is 10.1. The van der Waals surface area contributed by atoms with Crippen LogP contribution in [0.25, 0.3) is 0 Å². The van der Waals surface area contributed by atoms with Gasteiger partial charge in [0.25, 0.3) is 0 Å². The first-order valence-electron chi connectivity index (χ1n) is 9.39. The smallest absolute Gasteiger partial charge is 0.491 e. The monoisotopic (exact) mass is 372 g/mol. The van der Waals surface area contributed by atoms with Crippen LogP contribution >= 0.6 is 8.03 Å². The molecule has 0 heterocycles. The molecule has 0 spiro atoms. The summed E-state index contributed by atoms with van der Waals surface area (Å²) in [6.45, 7) is 3.95. The summed E-state index contributed by atoms with van der Waals surface area (Å²) >= 11 is 0. The maximum atomic E-state index is 14.0. The Morgan fingerprint density at radius 3 is 2.52 bits per heavy atom. The zero-order valence-electron chi connectivity index (χ0n) is 15.3. The highest BCUT2D eigenvalue weighted by atomic mass is 31.1. The molecule has 1 atom stereocenters. The lowest BCUT2D eigenvalue weighted by Crippen LogP contribution is -2.15. The largest absolute Gasteiger partial charge is 0.505 e. The topological polar surface area (TPSA) is 58.6 Å². The van der Waals surface area contributed by atoms with E-state index < -0.39 is 8.03 Å². The molecule has 0 bridgehead atoms. The van der Waals surface area contributed by atoms with Crippen molar-refractivity contribution in [2.24, 2.45) is 0 Å². The van der Waals surface area contributed by atoms with E-state index in [1.165, 1.54) is 38.2 Å². The number of hydrogen-bond acceptors (Lipinski definition) is 3. The molecule has 2 N–H and O–H groups in total. The van der Waals surface area contributed by atoms with Gasteiger partial charge in [0, 0.05) is 13.0 Å². The summed E-state index contributed by atoms with van der Waals surface area (Å²) in [5.74, 6) is -0.0207. The van der Waals surface area contributed by atoms with Gasteiger partial charge in [0.15, 0.2) is 17.7 Å². The van der Waals surface area contributed by atoms with Crippen LogP contribution in [-0.2, 0) is 11.1 Å².